The van der Waals surface area contributed by atoms with Gasteiger partial charge in [-0.3, -0.25) is 19.4 Å². The number of aliphatic imine (C=N–C) groups is 1. The minimum Gasteiger partial charge on any atom is -0.384 e. The van der Waals surface area contributed by atoms with Gasteiger partial charge < -0.3 is 40.3 Å². The monoisotopic (exact) mass is 644 g/mol. The summed E-state index contributed by atoms with van der Waals surface area (Å²) in [6.45, 7) is 10.0. The van der Waals surface area contributed by atoms with Gasteiger partial charge in [0.15, 0.2) is 6.29 Å². The van der Waals surface area contributed by atoms with E-state index in [1.807, 2.05) is 0 Å². The molecule has 0 aromatic heterocycles. The minimum atomic E-state index is -0.329. The van der Waals surface area contributed by atoms with Crippen LogP contribution >= 0.6 is 0 Å². The van der Waals surface area contributed by atoms with Gasteiger partial charge in [-0.05, 0) is 51.0 Å². The SMILES string of the molecule is C=C1NC(=O)CCC1N(C)C(=O)c1c(C=O)cccc1NCCCCCOCCOCCOCCCCCOCCN=CC=NN. The standard InChI is InChI=1S/C33H52N6O7/c1-27-30(12-13-31(41)38-27)39(2)33(42)32-28(26-40)10-9-11-29(32)36-14-5-3-6-19-44-22-24-46-25-23-45-20-8-4-7-18-43-21-17-35-15-16-37-34/h9-11,15-16,26,30,36H,1,3-8,12-14,17-25,34H2,2H3,(H,38,41). The number of hydrogen-bond donors (Lipinski definition) is 3. The molecule has 1 heterocycles. The summed E-state index contributed by atoms with van der Waals surface area (Å²) in [7, 11) is 1.67. The van der Waals surface area contributed by atoms with Gasteiger partial charge in [-0.1, -0.05) is 18.7 Å². The lowest BCUT2D eigenvalue weighted by Crippen LogP contribution is -2.46. The first kappa shape index (κ1) is 38.5. The van der Waals surface area contributed by atoms with Crippen LogP contribution in [0.1, 0.15) is 72.1 Å². The summed E-state index contributed by atoms with van der Waals surface area (Å²) in [5.74, 6) is 4.58. The molecule has 0 spiro atoms. The van der Waals surface area contributed by atoms with E-state index in [1.54, 1.807) is 36.4 Å². The second-order valence-electron chi connectivity index (χ2n) is 10.8. The van der Waals surface area contributed by atoms with Crippen LogP contribution in [0, 0.1) is 0 Å². The fraction of sp³-hybridized carbons (Fsp3) is 0.606. The van der Waals surface area contributed by atoms with Gasteiger partial charge in [0.05, 0.1) is 57.4 Å². The highest BCUT2D eigenvalue weighted by Gasteiger charge is 2.30. The molecule has 1 aromatic carbocycles. The fourth-order valence-electron chi connectivity index (χ4n) is 4.80. The van der Waals surface area contributed by atoms with Gasteiger partial charge in [0.25, 0.3) is 5.91 Å². The van der Waals surface area contributed by atoms with Crippen LogP contribution in [0.15, 0.2) is 40.6 Å². The van der Waals surface area contributed by atoms with Crippen LogP contribution in [-0.2, 0) is 23.7 Å². The van der Waals surface area contributed by atoms with Gasteiger partial charge in [0, 0.05) is 63.0 Å². The molecular weight excluding hydrogens is 592 g/mol. The van der Waals surface area contributed by atoms with Crippen LogP contribution in [-0.4, -0.2) is 114 Å². The van der Waals surface area contributed by atoms with Crippen molar-refractivity contribution >= 4 is 36.2 Å². The van der Waals surface area contributed by atoms with E-state index in [0.29, 0.717) is 101 Å². The Morgan fingerprint density at radius 1 is 0.978 bits per heavy atom. The van der Waals surface area contributed by atoms with E-state index >= 15 is 0 Å². The minimum absolute atomic E-state index is 0.104. The largest absolute Gasteiger partial charge is 0.384 e. The molecular formula is C33H52N6O7. The van der Waals surface area contributed by atoms with E-state index in [4.69, 9.17) is 24.8 Å². The Hall–Kier alpha value is -3.65. The number of aldehydes is 1. The molecule has 0 radical (unpaired) electrons. The van der Waals surface area contributed by atoms with Gasteiger partial charge in [-0.15, -0.1) is 0 Å². The Bertz CT molecular complexity index is 1110. The average Bonchev–Trinajstić information content (AvgIpc) is 3.06. The molecule has 0 aliphatic carbocycles. The van der Waals surface area contributed by atoms with E-state index in [2.05, 4.69) is 27.3 Å². The number of likely N-dealkylation sites (N-methyl/N-ethyl adjacent to an activating group) is 1. The number of nitrogens with two attached hydrogens (primary N) is 1. The quantitative estimate of drug-likeness (QED) is 0.0451. The molecule has 0 saturated carbocycles. The number of amides is 2. The Morgan fingerprint density at radius 3 is 2.24 bits per heavy atom. The molecule has 1 aromatic rings. The van der Waals surface area contributed by atoms with E-state index < -0.39 is 0 Å². The van der Waals surface area contributed by atoms with Crippen molar-refractivity contribution in [2.24, 2.45) is 15.9 Å². The number of hydrazone groups is 1. The summed E-state index contributed by atoms with van der Waals surface area (Å²) >= 11 is 0. The third kappa shape index (κ3) is 15.6. The zero-order valence-corrected chi connectivity index (χ0v) is 27.3. The number of nitrogens with zero attached hydrogens (tertiary/aromatic N) is 3. The number of anilines is 1. The third-order valence-corrected chi connectivity index (χ3v) is 7.30. The molecule has 2 amide bonds. The molecule has 1 saturated heterocycles. The number of piperidine rings is 1. The molecule has 46 heavy (non-hydrogen) atoms. The molecule has 4 N–H and O–H groups in total. The molecule has 13 heteroatoms. The lowest BCUT2D eigenvalue weighted by Gasteiger charge is -2.33. The number of nitrogens with one attached hydrogen (secondary N) is 2. The zero-order chi connectivity index (χ0) is 33.2. The summed E-state index contributed by atoms with van der Waals surface area (Å²) in [6, 6.07) is 4.86. The molecule has 256 valence electrons. The van der Waals surface area contributed by atoms with Crippen molar-refractivity contribution < 1.29 is 33.3 Å². The van der Waals surface area contributed by atoms with Crippen molar-refractivity contribution in [3.63, 3.8) is 0 Å². The van der Waals surface area contributed by atoms with Crippen LogP contribution in [0.2, 0.25) is 0 Å². The molecule has 0 bridgehead atoms. The van der Waals surface area contributed by atoms with Crippen LogP contribution in [0.3, 0.4) is 0 Å². The van der Waals surface area contributed by atoms with Crippen molar-refractivity contribution in [3.8, 4) is 0 Å². The number of ether oxygens (including phenoxy) is 4. The Balaban J connectivity index is 1.47. The Kier molecular flexibility index (Phi) is 20.6. The van der Waals surface area contributed by atoms with E-state index in [9.17, 15) is 14.4 Å². The second-order valence-corrected chi connectivity index (χ2v) is 10.8. The first-order chi connectivity index (χ1) is 22.5. The highest BCUT2D eigenvalue weighted by atomic mass is 16.5. The van der Waals surface area contributed by atoms with Crippen molar-refractivity contribution in [3.05, 3.63) is 41.6 Å². The fourth-order valence-corrected chi connectivity index (χ4v) is 4.80. The van der Waals surface area contributed by atoms with Crippen LogP contribution < -0.4 is 16.5 Å². The number of benzene rings is 1. The number of unbranched alkanes of at least 4 members (excludes halogenated alkanes) is 4. The number of carbonyl (C=O) groups is 3. The van der Waals surface area contributed by atoms with E-state index in [0.717, 1.165) is 45.1 Å². The first-order valence-electron chi connectivity index (χ1n) is 16.1. The van der Waals surface area contributed by atoms with Crippen LogP contribution in [0.25, 0.3) is 0 Å². The smallest absolute Gasteiger partial charge is 0.256 e. The van der Waals surface area contributed by atoms with Gasteiger partial charge in [0.1, 0.15) is 0 Å². The molecule has 13 nitrogen and oxygen atoms in total. The third-order valence-electron chi connectivity index (χ3n) is 7.30. The summed E-state index contributed by atoms with van der Waals surface area (Å²) < 4.78 is 22.3. The van der Waals surface area contributed by atoms with Gasteiger partial charge in [-0.2, -0.15) is 5.10 Å². The number of hydrogen-bond acceptors (Lipinski definition) is 11. The molecule has 1 aliphatic heterocycles. The van der Waals surface area contributed by atoms with E-state index in [1.165, 1.54) is 6.21 Å². The number of rotatable bonds is 26. The number of carbonyl (C=O) groups excluding carboxylic acids is 3. The second kappa shape index (κ2) is 24.6. The predicted octanol–water partition coefficient (Wildman–Crippen LogP) is 3.20. The van der Waals surface area contributed by atoms with Crippen molar-refractivity contribution in [1.82, 2.24) is 10.2 Å². The average molecular weight is 645 g/mol. The maximum atomic E-state index is 13.4. The van der Waals surface area contributed by atoms with Crippen molar-refractivity contribution in [2.45, 2.75) is 57.4 Å². The zero-order valence-electron chi connectivity index (χ0n) is 27.3. The first-order valence-corrected chi connectivity index (χ1v) is 16.1. The Morgan fingerprint density at radius 2 is 1.61 bits per heavy atom. The molecule has 1 aliphatic rings. The molecule has 1 unspecified atom stereocenters. The topological polar surface area (TPSA) is 166 Å². The lowest BCUT2D eigenvalue weighted by molar-refractivity contribution is -0.121. The highest BCUT2D eigenvalue weighted by molar-refractivity contribution is 6.15. The predicted molar refractivity (Wildman–Crippen MR) is 180 cm³/mol. The molecule has 1 fully saturated rings. The summed E-state index contributed by atoms with van der Waals surface area (Å²) in [5, 5.41) is 9.36. The summed E-state index contributed by atoms with van der Waals surface area (Å²) in [6.07, 6.45) is 10.3. The summed E-state index contributed by atoms with van der Waals surface area (Å²) in [5.41, 5.74) is 1.75. The molecule has 1 atom stereocenters. The Labute approximate surface area is 272 Å². The van der Waals surface area contributed by atoms with Crippen molar-refractivity contribution in [1.29, 1.82) is 0 Å². The highest BCUT2D eigenvalue weighted by Crippen LogP contribution is 2.25. The van der Waals surface area contributed by atoms with Crippen LogP contribution in [0.5, 0.6) is 0 Å². The maximum Gasteiger partial charge on any atom is 0.256 e. The lowest BCUT2D eigenvalue weighted by atomic mass is 9.99. The normalized spacial score (nSPS) is 15.0. The van der Waals surface area contributed by atoms with Gasteiger partial charge in [-0.25, -0.2) is 0 Å². The van der Waals surface area contributed by atoms with E-state index in [-0.39, 0.29) is 17.9 Å². The maximum absolute atomic E-state index is 13.4. The van der Waals surface area contributed by atoms with Crippen LogP contribution in [0.4, 0.5) is 5.69 Å². The summed E-state index contributed by atoms with van der Waals surface area (Å²) in [4.78, 5) is 42.5. The van der Waals surface area contributed by atoms with Gasteiger partial charge in [0.2, 0.25) is 5.91 Å². The van der Waals surface area contributed by atoms with Crippen molar-refractivity contribution in [2.75, 3.05) is 78.3 Å². The van der Waals surface area contributed by atoms with Gasteiger partial charge >= 0.3 is 0 Å². The molecule has 2 rings (SSSR count).